The molecule has 6 nitrogen and oxygen atoms in total. The van der Waals surface area contributed by atoms with Crippen molar-refractivity contribution >= 4 is 27.7 Å². The summed E-state index contributed by atoms with van der Waals surface area (Å²) in [5.41, 5.74) is 2.89. The van der Waals surface area contributed by atoms with Gasteiger partial charge in [-0.2, -0.15) is 4.68 Å². The van der Waals surface area contributed by atoms with Gasteiger partial charge < -0.3 is 10.1 Å². The van der Waals surface area contributed by atoms with Gasteiger partial charge in [0.05, 0.1) is 5.69 Å². The van der Waals surface area contributed by atoms with E-state index in [1.807, 2.05) is 48.5 Å². The van der Waals surface area contributed by atoms with Crippen LogP contribution in [-0.2, 0) is 13.2 Å². The number of rotatable bonds is 10. The second-order valence-electron chi connectivity index (χ2n) is 6.90. The first-order chi connectivity index (χ1) is 15.7. The van der Waals surface area contributed by atoms with Crippen molar-refractivity contribution < 1.29 is 9.13 Å². The number of aromatic nitrogens is 4. The molecule has 4 aromatic rings. The van der Waals surface area contributed by atoms with Gasteiger partial charge in [-0.1, -0.05) is 58.0 Å². The zero-order valence-electron chi connectivity index (χ0n) is 17.1. The van der Waals surface area contributed by atoms with Crippen molar-refractivity contribution in [1.82, 2.24) is 25.5 Å². The molecule has 0 unspecified atom stereocenters. The highest BCUT2D eigenvalue weighted by atomic mass is 79.9. The van der Waals surface area contributed by atoms with Crippen LogP contribution >= 0.6 is 27.7 Å². The molecule has 1 aromatic heterocycles. The Kier molecular flexibility index (Phi) is 7.87. The molecule has 0 fully saturated rings. The summed E-state index contributed by atoms with van der Waals surface area (Å²) in [4.78, 5) is 0. The molecular weight excluding hydrogens is 493 g/mol. The molecule has 0 aliphatic heterocycles. The lowest BCUT2D eigenvalue weighted by Crippen LogP contribution is -2.17. The fourth-order valence-electron chi connectivity index (χ4n) is 3.01. The van der Waals surface area contributed by atoms with Gasteiger partial charge in [-0.05, 0) is 58.5 Å². The van der Waals surface area contributed by atoms with Gasteiger partial charge >= 0.3 is 0 Å². The number of para-hydroxylation sites is 1. The number of ether oxygens (including phenoxy) is 1. The molecule has 1 heterocycles. The maximum atomic E-state index is 13.1. The zero-order chi connectivity index (χ0) is 22.2. The fourth-order valence-corrected chi connectivity index (χ4v) is 4.20. The third-order valence-corrected chi connectivity index (χ3v) is 6.01. The van der Waals surface area contributed by atoms with E-state index in [4.69, 9.17) is 4.74 Å². The number of tetrazole rings is 1. The summed E-state index contributed by atoms with van der Waals surface area (Å²) in [7, 11) is 0. The number of thioether (sulfide) groups is 1. The van der Waals surface area contributed by atoms with E-state index in [0.29, 0.717) is 13.2 Å². The van der Waals surface area contributed by atoms with Crippen LogP contribution in [0.25, 0.3) is 5.69 Å². The summed E-state index contributed by atoms with van der Waals surface area (Å²) in [6.07, 6.45) is 0. The molecule has 0 atom stereocenters. The first-order valence-electron chi connectivity index (χ1n) is 10.0. The summed E-state index contributed by atoms with van der Waals surface area (Å²) >= 11 is 5.12. The van der Waals surface area contributed by atoms with Crippen LogP contribution in [0.5, 0.6) is 5.75 Å². The lowest BCUT2D eigenvalue weighted by atomic mass is 10.2. The third kappa shape index (κ3) is 6.15. The fraction of sp³-hybridized carbons (Fsp3) is 0.174. The summed E-state index contributed by atoms with van der Waals surface area (Å²) in [5.74, 6) is 1.36. The van der Waals surface area contributed by atoms with E-state index in [0.717, 1.165) is 44.5 Å². The van der Waals surface area contributed by atoms with Crippen molar-refractivity contribution in [2.45, 2.75) is 18.3 Å². The molecule has 0 spiro atoms. The smallest absolute Gasteiger partial charge is 0.214 e. The van der Waals surface area contributed by atoms with E-state index >= 15 is 0 Å². The predicted octanol–water partition coefficient (Wildman–Crippen LogP) is 5.02. The Morgan fingerprint density at radius 1 is 1.03 bits per heavy atom. The van der Waals surface area contributed by atoms with Crippen LogP contribution in [-0.4, -0.2) is 32.5 Å². The van der Waals surface area contributed by atoms with Crippen LogP contribution in [0, 0.1) is 5.82 Å². The molecule has 0 aliphatic carbocycles. The topological polar surface area (TPSA) is 64.9 Å². The lowest BCUT2D eigenvalue weighted by Gasteiger charge is -2.13. The molecule has 0 radical (unpaired) electrons. The molecule has 1 N–H and O–H groups in total. The largest absolute Gasteiger partial charge is 0.489 e. The predicted molar refractivity (Wildman–Crippen MR) is 126 cm³/mol. The number of halogens is 2. The van der Waals surface area contributed by atoms with Crippen molar-refractivity contribution in [2.75, 3.05) is 12.3 Å². The first kappa shape index (κ1) is 22.4. The average molecular weight is 514 g/mol. The maximum Gasteiger partial charge on any atom is 0.214 e. The molecule has 0 saturated heterocycles. The number of hydrogen-bond donors (Lipinski definition) is 1. The minimum Gasteiger partial charge on any atom is -0.489 e. The van der Waals surface area contributed by atoms with Crippen LogP contribution in [0.3, 0.4) is 0 Å². The van der Waals surface area contributed by atoms with Gasteiger partial charge in [-0.25, -0.2) is 4.39 Å². The highest BCUT2D eigenvalue weighted by Crippen LogP contribution is 2.24. The Bertz CT molecular complexity index is 1140. The number of hydrogen-bond acceptors (Lipinski definition) is 6. The normalized spacial score (nSPS) is 10.9. The SMILES string of the molecule is Fc1ccc(COc2ccc(Br)cc2CNCCSc2nnnn2-c2ccccc2)cc1. The Labute approximate surface area is 198 Å². The summed E-state index contributed by atoms with van der Waals surface area (Å²) < 4.78 is 21.8. The van der Waals surface area contributed by atoms with Crippen LogP contribution in [0.2, 0.25) is 0 Å². The van der Waals surface area contributed by atoms with Crippen molar-refractivity contribution in [3.63, 3.8) is 0 Å². The van der Waals surface area contributed by atoms with E-state index < -0.39 is 0 Å². The van der Waals surface area contributed by atoms with Gasteiger partial charge in [0.1, 0.15) is 18.2 Å². The molecule has 0 amide bonds. The van der Waals surface area contributed by atoms with Gasteiger partial charge in [0.15, 0.2) is 0 Å². The third-order valence-electron chi connectivity index (χ3n) is 4.60. The lowest BCUT2D eigenvalue weighted by molar-refractivity contribution is 0.302. The molecule has 4 rings (SSSR count). The van der Waals surface area contributed by atoms with Gasteiger partial charge in [0.2, 0.25) is 5.16 Å². The molecule has 0 bridgehead atoms. The van der Waals surface area contributed by atoms with Crippen molar-refractivity contribution in [3.8, 4) is 11.4 Å². The van der Waals surface area contributed by atoms with Crippen molar-refractivity contribution in [1.29, 1.82) is 0 Å². The van der Waals surface area contributed by atoms with E-state index in [2.05, 4.69) is 36.8 Å². The first-order valence-corrected chi connectivity index (χ1v) is 11.8. The average Bonchev–Trinajstić information content (AvgIpc) is 3.28. The van der Waals surface area contributed by atoms with Crippen LogP contribution < -0.4 is 10.1 Å². The van der Waals surface area contributed by atoms with Crippen LogP contribution in [0.4, 0.5) is 4.39 Å². The Morgan fingerprint density at radius 2 is 1.84 bits per heavy atom. The molecule has 9 heteroatoms. The monoisotopic (exact) mass is 513 g/mol. The second-order valence-corrected chi connectivity index (χ2v) is 8.88. The van der Waals surface area contributed by atoms with E-state index in [9.17, 15) is 4.39 Å². The molecule has 0 saturated carbocycles. The van der Waals surface area contributed by atoms with E-state index in [-0.39, 0.29) is 5.82 Å². The molecule has 32 heavy (non-hydrogen) atoms. The van der Waals surface area contributed by atoms with Crippen LogP contribution in [0.15, 0.2) is 82.4 Å². The summed E-state index contributed by atoms with van der Waals surface area (Å²) in [6, 6.07) is 22.1. The van der Waals surface area contributed by atoms with Crippen LogP contribution in [0.1, 0.15) is 11.1 Å². The number of benzene rings is 3. The maximum absolute atomic E-state index is 13.1. The highest BCUT2D eigenvalue weighted by molar-refractivity contribution is 9.10. The second kappa shape index (κ2) is 11.2. The molecular formula is C23H21BrFN5OS. The standard InChI is InChI=1S/C23H21BrFN5OS/c24-19-8-11-22(31-16-17-6-9-20(25)10-7-17)18(14-19)15-26-12-13-32-23-27-28-29-30(23)21-4-2-1-3-5-21/h1-11,14,26H,12-13,15-16H2. The van der Waals surface area contributed by atoms with Gasteiger partial charge in [0.25, 0.3) is 0 Å². The minimum absolute atomic E-state index is 0.252. The molecule has 3 aromatic carbocycles. The minimum atomic E-state index is -0.252. The van der Waals surface area contributed by atoms with E-state index in [1.165, 1.54) is 12.1 Å². The summed E-state index contributed by atoms with van der Waals surface area (Å²) in [5, 5.41) is 16.2. The van der Waals surface area contributed by atoms with Crippen molar-refractivity contribution in [3.05, 3.63) is 94.2 Å². The van der Waals surface area contributed by atoms with Gasteiger partial charge in [0, 0.05) is 28.9 Å². The Hall–Kier alpha value is -2.75. The van der Waals surface area contributed by atoms with Gasteiger partial charge in [-0.3, -0.25) is 0 Å². The van der Waals surface area contributed by atoms with Gasteiger partial charge in [-0.15, -0.1) is 5.10 Å². The molecule has 164 valence electrons. The number of nitrogens with one attached hydrogen (secondary N) is 1. The quantitative estimate of drug-likeness (QED) is 0.237. The number of nitrogens with zero attached hydrogens (tertiary/aromatic N) is 4. The highest BCUT2D eigenvalue weighted by Gasteiger charge is 2.09. The molecule has 0 aliphatic rings. The van der Waals surface area contributed by atoms with E-state index in [1.54, 1.807) is 28.6 Å². The zero-order valence-corrected chi connectivity index (χ0v) is 19.5. The van der Waals surface area contributed by atoms with Crippen molar-refractivity contribution in [2.24, 2.45) is 0 Å². The summed E-state index contributed by atoms with van der Waals surface area (Å²) in [6.45, 7) is 1.81. The Balaban J connectivity index is 1.28. The Morgan fingerprint density at radius 3 is 2.66 bits per heavy atom.